The van der Waals surface area contributed by atoms with Gasteiger partial charge in [0.25, 0.3) is 0 Å². The molecule has 1 fully saturated rings. The molecule has 1 saturated heterocycles. The van der Waals surface area contributed by atoms with Crippen LogP contribution in [0, 0.1) is 5.82 Å². The highest BCUT2D eigenvalue weighted by Gasteiger charge is 2.42. The van der Waals surface area contributed by atoms with E-state index in [1.807, 2.05) is 17.5 Å². The van der Waals surface area contributed by atoms with E-state index in [9.17, 15) is 13.7 Å². The Morgan fingerprint density at radius 3 is 2.92 bits per heavy atom. The molecule has 5 nitrogen and oxygen atoms in total. The fourth-order valence-electron chi connectivity index (χ4n) is 2.70. The summed E-state index contributed by atoms with van der Waals surface area (Å²) in [5.74, 6) is -0.759. The van der Waals surface area contributed by atoms with E-state index in [-0.39, 0.29) is 17.0 Å². The number of rotatable bonds is 3. The molecule has 0 spiro atoms. The average Bonchev–Trinajstić information content (AvgIpc) is 3.13. The number of anilines is 1. The van der Waals surface area contributed by atoms with Crippen LogP contribution in [0.3, 0.4) is 0 Å². The number of halogens is 2. The lowest BCUT2D eigenvalue weighted by atomic mass is 10.0. The van der Waals surface area contributed by atoms with Crippen LogP contribution in [0.25, 0.3) is 0 Å². The van der Waals surface area contributed by atoms with Crippen molar-refractivity contribution in [2.75, 3.05) is 19.0 Å². The Morgan fingerprint density at radius 2 is 2.28 bits per heavy atom. The number of hydrogen-bond donors (Lipinski definition) is 1. The molecule has 3 unspecified atom stereocenters. The van der Waals surface area contributed by atoms with E-state index in [1.54, 1.807) is 25.4 Å². The van der Waals surface area contributed by atoms with Crippen LogP contribution < -0.4 is 9.62 Å². The third kappa shape index (κ3) is 3.84. The summed E-state index contributed by atoms with van der Waals surface area (Å²) in [6, 6.07) is 7.28. The Balaban J connectivity index is 1.82. The Labute approximate surface area is 157 Å². The summed E-state index contributed by atoms with van der Waals surface area (Å²) in [7, 11) is 3.24. The quantitative estimate of drug-likeness (QED) is 0.803. The van der Waals surface area contributed by atoms with Crippen LogP contribution in [0.2, 0.25) is 5.02 Å². The first-order valence-electron chi connectivity index (χ1n) is 7.55. The maximum absolute atomic E-state index is 13.3. The maximum atomic E-state index is 13.3. The van der Waals surface area contributed by atoms with Gasteiger partial charge < -0.3 is 9.45 Å². The van der Waals surface area contributed by atoms with E-state index in [1.165, 1.54) is 27.4 Å². The molecule has 25 heavy (non-hydrogen) atoms. The fourth-order valence-corrected chi connectivity index (χ4v) is 4.79. The lowest BCUT2D eigenvalue weighted by molar-refractivity contribution is -0.122. The lowest BCUT2D eigenvalue weighted by Crippen LogP contribution is -2.57. The minimum Gasteiger partial charge on any atom is -0.579 e. The zero-order valence-electron chi connectivity index (χ0n) is 13.6. The van der Waals surface area contributed by atoms with E-state index in [2.05, 4.69) is 4.72 Å². The predicted octanol–water partition coefficient (Wildman–Crippen LogP) is 3.12. The number of likely N-dealkylation sites (N-methyl/N-ethyl adjacent to an activating group) is 2. The van der Waals surface area contributed by atoms with Crippen molar-refractivity contribution in [3.05, 3.63) is 51.4 Å². The summed E-state index contributed by atoms with van der Waals surface area (Å²) >= 11 is 5.89. The largest absolute Gasteiger partial charge is 0.579 e. The van der Waals surface area contributed by atoms with E-state index in [4.69, 9.17) is 11.6 Å². The van der Waals surface area contributed by atoms with Gasteiger partial charge in [-0.05, 0) is 29.6 Å². The molecule has 1 aromatic carbocycles. The highest BCUT2D eigenvalue weighted by atomic mass is 35.5. The first kappa shape index (κ1) is 18.6. The Bertz CT molecular complexity index is 762. The second-order valence-corrected chi connectivity index (χ2v) is 8.42. The SMILES string of the molecule is CN(C(=O)C1CC(c2cccs2)N[S+]([O-])N1C)c1ccc(F)c(Cl)c1. The van der Waals surface area contributed by atoms with E-state index in [0.717, 1.165) is 4.88 Å². The number of benzene rings is 1. The van der Waals surface area contributed by atoms with Crippen LogP contribution >= 0.6 is 22.9 Å². The molecular weight excluding hydrogens is 385 g/mol. The number of amides is 1. The zero-order chi connectivity index (χ0) is 18.1. The minimum atomic E-state index is -1.47. The molecule has 2 heterocycles. The van der Waals surface area contributed by atoms with Crippen LogP contribution in [0.1, 0.15) is 17.3 Å². The number of thiophene rings is 1. The summed E-state index contributed by atoms with van der Waals surface area (Å²) < 4.78 is 30.2. The number of nitrogens with zero attached hydrogens (tertiary/aromatic N) is 2. The molecule has 0 bridgehead atoms. The molecule has 1 aliphatic rings. The molecule has 0 radical (unpaired) electrons. The van der Waals surface area contributed by atoms with Crippen molar-refractivity contribution >= 4 is 46.1 Å². The van der Waals surface area contributed by atoms with Gasteiger partial charge in [0.2, 0.25) is 5.91 Å². The van der Waals surface area contributed by atoms with Gasteiger partial charge in [-0.3, -0.25) is 4.79 Å². The van der Waals surface area contributed by atoms with Crippen LogP contribution in [-0.4, -0.2) is 34.9 Å². The summed E-state index contributed by atoms with van der Waals surface area (Å²) in [6.07, 6.45) is 0.487. The molecule has 1 aromatic heterocycles. The number of carbonyl (C=O) groups is 1. The van der Waals surface area contributed by atoms with Gasteiger partial charge in [-0.15, -0.1) is 16.1 Å². The molecule has 3 atom stereocenters. The van der Waals surface area contributed by atoms with E-state index < -0.39 is 23.4 Å². The second kappa shape index (κ2) is 7.61. The molecular formula is C16H17ClFN3O2S2. The highest BCUT2D eigenvalue weighted by Crippen LogP contribution is 2.32. The van der Waals surface area contributed by atoms with Crippen molar-refractivity contribution in [1.82, 2.24) is 9.03 Å². The first-order chi connectivity index (χ1) is 11.9. The summed E-state index contributed by atoms with van der Waals surface area (Å²) in [5, 5.41) is 1.90. The molecule has 1 aliphatic heterocycles. The minimum absolute atomic E-state index is 0.0455. The Kier molecular flexibility index (Phi) is 5.67. The van der Waals surface area contributed by atoms with Gasteiger partial charge in [-0.2, -0.15) is 0 Å². The van der Waals surface area contributed by atoms with Crippen LogP contribution in [0.5, 0.6) is 0 Å². The summed E-state index contributed by atoms with van der Waals surface area (Å²) in [4.78, 5) is 15.4. The van der Waals surface area contributed by atoms with Crippen LogP contribution in [-0.2, 0) is 16.3 Å². The van der Waals surface area contributed by atoms with Gasteiger partial charge in [0, 0.05) is 31.1 Å². The molecule has 0 saturated carbocycles. The maximum Gasteiger partial charge on any atom is 0.248 e. The predicted molar refractivity (Wildman–Crippen MR) is 99.3 cm³/mol. The Morgan fingerprint density at radius 1 is 1.52 bits per heavy atom. The van der Waals surface area contributed by atoms with Crippen molar-refractivity contribution in [3.8, 4) is 0 Å². The van der Waals surface area contributed by atoms with Crippen molar-refractivity contribution in [3.63, 3.8) is 0 Å². The molecule has 2 aromatic rings. The van der Waals surface area contributed by atoms with Gasteiger partial charge in [-0.1, -0.05) is 22.0 Å². The highest BCUT2D eigenvalue weighted by molar-refractivity contribution is 7.87. The molecule has 9 heteroatoms. The van der Waals surface area contributed by atoms with Crippen molar-refractivity contribution in [1.29, 1.82) is 0 Å². The molecule has 134 valence electrons. The van der Waals surface area contributed by atoms with E-state index in [0.29, 0.717) is 12.1 Å². The van der Waals surface area contributed by atoms with Gasteiger partial charge in [0.05, 0.1) is 11.1 Å². The molecule has 1 amide bonds. The van der Waals surface area contributed by atoms with Crippen LogP contribution in [0.4, 0.5) is 10.1 Å². The molecule has 1 N–H and O–H groups in total. The normalized spacial score (nSPS) is 24.3. The summed E-state index contributed by atoms with van der Waals surface area (Å²) in [5.41, 5.74) is 0.488. The van der Waals surface area contributed by atoms with Crippen molar-refractivity contribution in [2.45, 2.75) is 18.5 Å². The van der Waals surface area contributed by atoms with Gasteiger partial charge in [0.15, 0.2) is 0 Å². The second-order valence-electron chi connectivity index (χ2n) is 5.73. The smallest absolute Gasteiger partial charge is 0.248 e. The summed E-state index contributed by atoms with van der Waals surface area (Å²) in [6.45, 7) is 0. The third-order valence-corrected chi connectivity index (χ3v) is 6.73. The zero-order valence-corrected chi connectivity index (χ0v) is 16.0. The lowest BCUT2D eigenvalue weighted by Gasteiger charge is -2.37. The number of hydrogen-bond acceptors (Lipinski definition) is 5. The molecule has 3 rings (SSSR count). The fraction of sp³-hybridized carbons (Fsp3) is 0.312. The Hall–Kier alpha value is -1.16. The van der Waals surface area contributed by atoms with Gasteiger partial charge in [-0.25, -0.2) is 4.39 Å². The first-order valence-corrected chi connectivity index (χ1v) is 9.92. The monoisotopic (exact) mass is 401 g/mol. The van der Waals surface area contributed by atoms with Gasteiger partial charge >= 0.3 is 0 Å². The standard InChI is InChI=1S/C16H17ClFN3O2S2/c1-20(10-5-6-12(18)11(17)8-10)16(22)14-9-13(15-4-3-7-24-15)19-25(23)21(14)2/h3-8,13-14,19H,9H2,1-2H3. The number of carbonyl (C=O) groups excluding carboxylic acids is 1. The van der Waals surface area contributed by atoms with Crippen molar-refractivity contribution < 1.29 is 13.7 Å². The van der Waals surface area contributed by atoms with Crippen molar-refractivity contribution in [2.24, 2.45) is 0 Å². The van der Waals surface area contributed by atoms with Crippen LogP contribution in [0.15, 0.2) is 35.7 Å². The van der Waals surface area contributed by atoms with E-state index >= 15 is 0 Å². The third-order valence-electron chi connectivity index (χ3n) is 4.20. The van der Waals surface area contributed by atoms with Gasteiger partial charge in [0.1, 0.15) is 23.4 Å². The average molecular weight is 402 g/mol. The topological polar surface area (TPSA) is 58.6 Å². The molecule has 0 aliphatic carbocycles. The number of nitrogens with one attached hydrogen (secondary N) is 1.